The zero-order valence-electron chi connectivity index (χ0n) is 14.5. The molecule has 1 aromatic carbocycles. The minimum atomic E-state index is -0.0665. The third-order valence-electron chi connectivity index (χ3n) is 5.11. The Bertz CT molecular complexity index is 1230. The SMILES string of the molecule is Cc1[nH]c2ccccc2c1C=Nn1cnc2sc3c(c2c1=O)CCCC3. The van der Waals surface area contributed by atoms with E-state index in [-0.39, 0.29) is 5.56 Å². The molecule has 0 unspecified atom stereocenters. The summed E-state index contributed by atoms with van der Waals surface area (Å²) in [5, 5.41) is 6.30. The van der Waals surface area contributed by atoms with Crippen molar-refractivity contribution in [2.45, 2.75) is 32.6 Å². The number of aromatic amines is 1. The second-order valence-corrected chi connectivity index (χ2v) is 7.82. The first kappa shape index (κ1) is 15.5. The van der Waals surface area contributed by atoms with E-state index in [0.29, 0.717) is 0 Å². The third kappa shape index (κ3) is 2.33. The lowest BCUT2D eigenvalue weighted by molar-refractivity contribution is 0.699. The average Bonchev–Trinajstić information content (AvgIpc) is 3.18. The van der Waals surface area contributed by atoms with Gasteiger partial charge in [-0.15, -0.1) is 11.3 Å². The summed E-state index contributed by atoms with van der Waals surface area (Å²) >= 11 is 1.66. The molecule has 0 atom stereocenters. The van der Waals surface area contributed by atoms with Gasteiger partial charge in [-0.2, -0.15) is 9.78 Å². The highest BCUT2D eigenvalue weighted by atomic mass is 32.1. The Kier molecular flexibility index (Phi) is 3.53. The van der Waals surface area contributed by atoms with Gasteiger partial charge in [-0.3, -0.25) is 4.79 Å². The van der Waals surface area contributed by atoms with Crippen molar-refractivity contribution in [1.29, 1.82) is 0 Å². The highest BCUT2D eigenvalue weighted by Gasteiger charge is 2.19. The van der Waals surface area contributed by atoms with E-state index in [1.54, 1.807) is 17.6 Å². The lowest BCUT2D eigenvalue weighted by Gasteiger charge is -2.09. The standard InChI is InChI=1S/C20H18N4OS/c1-12-15(13-6-2-4-8-16(13)23-12)10-22-24-11-21-19-18(20(24)25)14-7-3-5-9-17(14)26-19/h2,4,6,8,10-11,23H,3,5,7,9H2,1H3. The van der Waals surface area contributed by atoms with Gasteiger partial charge in [0.25, 0.3) is 5.56 Å². The summed E-state index contributed by atoms with van der Waals surface area (Å²) in [6.45, 7) is 2.01. The molecular weight excluding hydrogens is 344 g/mol. The van der Waals surface area contributed by atoms with E-state index >= 15 is 0 Å². The molecular formula is C20H18N4OS. The van der Waals surface area contributed by atoms with Crippen molar-refractivity contribution in [3.05, 3.63) is 62.6 Å². The predicted molar refractivity (Wildman–Crippen MR) is 107 cm³/mol. The largest absolute Gasteiger partial charge is 0.358 e. The second-order valence-electron chi connectivity index (χ2n) is 6.74. The average molecular weight is 362 g/mol. The van der Waals surface area contributed by atoms with Crippen LogP contribution in [0.1, 0.15) is 34.5 Å². The van der Waals surface area contributed by atoms with Crippen LogP contribution in [0, 0.1) is 6.92 Å². The molecule has 5 rings (SSSR count). The van der Waals surface area contributed by atoms with E-state index in [0.717, 1.165) is 51.6 Å². The Morgan fingerprint density at radius 3 is 3.04 bits per heavy atom. The maximum atomic E-state index is 13.0. The van der Waals surface area contributed by atoms with E-state index in [9.17, 15) is 4.79 Å². The van der Waals surface area contributed by atoms with E-state index in [4.69, 9.17) is 0 Å². The summed E-state index contributed by atoms with van der Waals surface area (Å²) in [6, 6.07) is 8.10. The van der Waals surface area contributed by atoms with Crippen LogP contribution < -0.4 is 5.56 Å². The molecule has 6 heteroatoms. The summed E-state index contributed by atoms with van der Waals surface area (Å²) in [7, 11) is 0. The van der Waals surface area contributed by atoms with E-state index in [2.05, 4.69) is 21.1 Å². The van der Waals surface area contributed by atoms with Crippen LogP contribution in [0.4, 0.5) is 0 Å². The topological polar surface area (TPSA) is 63.0 Å². The zero-order chi connectivity index (χ0) is 17.7. The number of nitrogens with zero attached hydrogens (tertiary/aromatic N) is 3. The van der Waals surface area contributed by atoms with Crippen molar-refractivity contribution in [3.63, 3.8) is 0 Å². The van der Waals surface area contributed by atoms with Crippen LogP contribution in [-0.2, 0) is 12.8 Å². The van der Waals surface area contributed by atoms with Crippen molar-refractivity contribution in [2.24, 2.45) is 5.10 Å². The maximum Gasteiger partial charge on any atom is 0.282 e. The van der Waals surface area contributed by atoms with Gasteiger partial charge >= 0.3 is 0 Å². The van der Waals surface area contributed by atoms with Gasteiger partial charge in [-0.1, -0.05) is 18.2 Å². The fourth-order valence-electron chi connectivity index (χ4n) is 3.80. The van der Waals surface area contributed by atoms with Crippen LogP contribution in [0.25, 0.3) is 21.1 Å². The number of hydrogen-bond donors (Lipinski definition) is 1. The minimum Gasteiger partial charge on any atom is -0.358 e. The molecule has 3 heterocycles. The fraction of sp³-hybridized carbons (Fsp3) is 0.250. The number of aromatic nitrogens is 3. The first-order valence-electron chi connectivity index (χ1n) is 8.86. The molecule has 0 aliphatic heterocycles. The summed E-state index contributed by atoms with van der Waals surface area (Å²) in [4.78, 5) is 23.0. The number of para-hydroxylation sites is 1. The third-order valence-corrected chi connectivity index (χ3v) is 6.31. The van der Waals surface area contributed by atoms with Gasteiger partial charge in [0.15, 0.2) is 0 Å². The molecule has 4 aromatic rings. The first-order chi connectivity index (χ1) is 12.7. The Morgan fingerprint density at radius 2 is 2.12 bits per heavy atom. The molecule has 0 saturated heterocycles. The zero-order valence-corrected chi connectivity index (χ0v) is 15.3. The molecule has 0 bridgehead atoms. The van der Waals surface area contributed by atoms with Gasteiger partial charge in [0.05, 0.1) is 11.6 Å². The summed E-state index contributed by atoms with van der Waals surface area (Å²) < 4.78 is 1.37. The predicted octanol–water partition coefficient (Wildman–Crippen LogP) is 4.01. The molecule has 3 aromatic heterocycles. The van der Waals surface area contributed by atoms with Crippen LogP contribution in [0.15, 0.2) is 40.5 Å². The van der Waals surface area contributed by atoms with E-state index < -0.39 is 0 Å². The second kappa shape index (κ2) is 5.92. The van der Waals surface area contributed by atoms with Crippen LogP contribution in [0.2, 0.25) is 0 Å². The number of nitrogens with one attached hydrogen (secondary N) is 1. The van der Waals surface area contributed by atoms with E-state index in [1.807, 2.05) is 25.1 Å². The molecule has 0 fully saturated rings. The highest BCUT2D eigenvalue weighted by molar-refractivity contribution is 7.18. The molecule has 5 nitrogen and oxygen atoms in total. The molecule has 0 saturated carbocycles. The van der Waals surface area contributed by atoms with Crippen LogP contribution in [-0.4, -0.2) is 20.9 Å². The van der Waals surface area contributed by atoms with Crippen molar-refractivity contribution >= 4 is 38.7 Å². The van der Waals surface area contributed by atoms with Crippen LogP contribution in [0.5, 0.6) is 0 Å². The summed E-state index contributed by atoms with van der Waals surface area (Å²) in [5.74, 6) is 0. The summed E-state index contributed by atoms with van der Waals surface area (Å²) in [5.41, 5.74) is 4.23. The Labute approximate surface area is 154 Å². The molecule has 1 N–H and O–H groups in total. The Morgan fingerprint density at radius 1 is 1.27 bits per heavy atom. The molecule has 0 amide bonds. The van der Waals surface area contributed by atoms with Gasteiger partial charge in [-0.25, -0.2) is 4.98 Å². The van der Waals surface area contributed by atoms with Crippen molar-refractivity contribution in [3.8, 4) is 0 Å². The number of thiophene rings is 1. The number of aryl methyl sites for hydroxylation is 3. The first-order valence-corrected chi connectivity index (χ1v) is 9.67. The number of rotatable bonds is 2. The Hall–Kier alpha value is -2.73. The quantitative estimate of drug-likeness (QED) is 0.548. The van der Waals surface area contributed by atoms with Gasteiger partial charge in [0, 0.05) is 27.0 Å². The van der Waals surface area contributed by atoms with Gasteiger partial charge in [-0.05, 0) is 44.2 Å². The smallest absolute Gasteiger partial charge is 0.282 e. The molecule has 0 spiro atoms. The monoisotopic (exact) mass is 362 g/mol. The Balaban J connectivity index is 1.63. The van der Waals surface area contributed by atoms with Crippen LogP contribution >= 0.6 is 11.3 Å². The normalized spacial score (nSPS) is 14.5. The van der Waals surface area contributed by atoms with Gasteiger partial charge in [0.1, 0.15) is 11.2 Å². The molecule has 1 aliphatic carbocycles. The van der Waals surface area contributed by atoms with Crippen molar-refractivity contribution < 1.29 is 0 Å². The van der Waals surface area contributed by atoms with Crippen LogP contribution in [0.3, 0.4) is 0 Å². The number of fused-ring (bicyclic) bond motifs is 4. The maximum absolute atomic E-state index is 13.0. The van der Waals surface area contributed by atoms with Crippen molar-refractivity contribution in [1.82, 2.24) is 14.6 Å². The van der Waals surface area contributed by atoms with Gasteiger partial charge < -0.3 is 4.98 Å². The minimum absolute atomic E-state index is 0.0665. The molecule has 130 valence electrons. The number of benzene rings is 1. The molecule has 1 aliphatic rings. The lowest BCUT2D eigenvalue weighted by atomic mass is 9.97. The number of hydrogen-bond acceptors (Lipinski definition) is 4. The highest BCUT2D eigenvalue weighted by Crippen LogP contribution is 2.33. The van der Waals surface area contributed by atoms with Crippen molar-refractivity contribution in [2.75, 3.05) is 0 Å². The lowest BCUT2D eigenvalue weighted by Crippen LogP contribution is -2.18. The van der Waals surface area contributed by atoms with E-state index in [1.165, 1.54) is 27.9 Å². The number of H-pyrrole nitrogens is 1. The molecule has 26 heavy (non-hydrogen) atoms. The van der Waals surface area contributed by atoms with Gasteiger partial charge in [0.2, 0.25) is 0 Å². The molecule has 0 radical (unpaired) electrons. The summed E-state index contributed by atoms with van der Waals surface area (Å²) in [6.07, 6.45) is 7.67. The fourth-order valence-corrected chi connectivity index (χ4v) is 5.02.